The van der Waals surface area contributed by atoms with Crippen LogP contribution in [0.5, 0.6) is 0 Å². The number of hydrogen-bond donors (Lipinski definition) is 1. The van der Waals surface area contributed by atoms with E-state index >= 15 is 0 Å². The standard InChI is InChI=1S/C16H25FN2/c1-5-13-7-6-11(3)19(13)16-8-10(2)15(17)9-14(16)12(4)18/h8-9,11-13H,5-7,18H2,1-4H3/t11?,12-,13?/m0/s1. The van der Waals surface area contributed by atoms with Crippen molar-refractivity contribution in [2.45, 2.75) is 65.1 Å². The monoisotopic (exact) mass is 264 g/mol. The average molecular weight is 264 g/mol. The lowest BCUT2D eigenvalue weighted by molar-refractivity contribution is 0.601. The van der Waals surface area contributed by atoms with Crippen LogP contribution in [0.3, 0.4) is 0 Å². The van der Waals surface area contributed by atoms with Crippen molar-refractivity contribution in [3.63, 3.8) is 0 Å². The van der Waals surface area contributed by atoms with Crippen molar-refractivity contribution in [1.29, 1.82) is 0 Å². The van der Waals surface area contributed by atoms with Gasteiger partial charge < -0.3 is 10.6 Å². The average Bonchev–Trinajstić information content (AvgIpc) is 2.73. The fraction of sp³-hybridized carbons (Fsp3) is 0.625. The van der Waals surface area contributed by atoms with E-state index in [-0.39, 0.29) is 11.9 Å². The third-order valence-electron chi connectivity index (χ3n) is 4.33. The molecule has 1 aliphatic heterocycles. The summed E-state index contributed by atoms with van der Waals surface area (Å²) in [6.07, 6.45) is 3.54. The van der Waals surface area contributed by atoms with Gasteiger partial charge in [-0.2, -0.15) is 0 Å². The molecule has 0 amide bonds. The summed E-state index contributed by atoms with van der Waals surface area (Å²) in [5.41, 5.74) is 8.80. The van der Waals surface area contributed by atoms with Gasteiger partial charge in [-0.3, -0.25) is 0 Å². The van der Waals surface area contributed by atoms with Crippen LogP contribution in [0, 0.1) is 12.7 Å². The number of nitrogens with zero attached hydrogens (tertiary/aromatic N) is 1. The van der Waals surface area contributed by atoms with Crippen molar-refractivity contribution >= 4 is 5.69 Å². The third kappa shape index (κ3) is 2.62. The molecule has 1 aromatic carbocycles. The van der Waals surface area contributed by atoms with Crippen LogP contribution in [0.1, 0.15) is 57.2 Å². The summed E-state index contributed by atoms with van der Waals surface area (Å²) >= 11 is 0. The van der Waals surface area contributed by atoms with Gasteiger partial charge in [0.05, 0.1) is 0 Å². The van der Waals surface area contributed by atoms with Gasteiger partial charge in [0, 0.05) is 23.8 Å². The molecule has 0 aromatic heterocycles. The molecule has 0 aliphatic carbocycles. The summed E-state index contributed by atoms with van der Waals surface area (Å²) in [5.74, 6) is -0.157. The maximum Gasteiger partial charge on any atom is 0.126 e. The zero-order valence-corrected chi connectivity index (χ0v) is 12.4. The third-order valence-corrected chi connectivity index (χ3v) is 4.33. The van der Waals surface area contributed by atoms with Crippen LogP contribution in [-0.2, 0) is 0 Å². The number of benzene rings is 1. The highest BCUT2D eigenvalue weighted by Crippen LogP contribution is 2.37. The molecule has 1 aliphatic rings. The van der Waals surface area contributed by atoms with E-state index in [0.29, 0.717) is 17.6 Å². The van der Waals surface area contributed by atoms with Crippen LogP contribution in [-0.4, -0.2) is 12.1 Å². The quantitative estimate of drug-likeness (QED) is 0.896. The Hall–Kier alpha value is -1.09. The molecule has 2 N–H and O–H groups in total. The molecule has 2 unspecified atom stereocenters. The molecule has 1 saturated heterocycles. The second kappa shape index (κ2) is 5.49. The molecule has 1 aromatic rings. The molecule has 0 spiro atoms. The highest BCUT2D eigenvalue weighted by Gasteiger charge is 2.31. The Kier molecular flexibility index (Phi) is 4.14. The van der Waals surface area contributed by atoms with E-state index in [1.54, 1.807) is 6.07 Å². The molecule has 1 heterocycles. The van der Waals surface area contributed by atoms with Gasteiger partial charge in [0.15, 0.2) is 0 Å². The van der Waals surface area contributed by atoms with E-state index in [0.717, 1.165) is 17.7 Å². The van der Waals surface area contributed by atoms with E-state index in [1.807, 2.05) is 19.9 Å². The fourth-order valence-electron chi connectivity index (χ4n) is 3.18. The van der Waals surface area contributed by atoms with Gasteiger partial charge in [-0.05, 0) is 63.3 Å². The van der Waals surface area contributed by atoms with Gasteiger partial charge >= 0.3 is 0 Å². The van der Waals surface area contributed by atoms with Crippen LogP contribution in [0.4, 0.5) is 10.1 Å². The Bertz CT molecular complexity index is 456. The molecule has 1 fully saturated rings. The summed E-state index contributed by atoms with van der Waals surface area (Å²) in [4.78, 5) is 2.45. The number of halogens is 1. The lowest BCUT2D eigenvalue weighted by Crippen LogP contribution is -2.35. The smallest absolute Gasteiger partial charge is 0.126 e. The second-order valence-corrected chi connectivity index (χ2v) is 5.84. The Morgan fingerprint density at radius 3 is 2.68 bits per heavy atom. The largest absolute Gasteiger partial charge is 0.366 e. The first-order valence-electron chi connectivity index (χ1n) is 7.29. The molecule has 2 nitrogen and oxygen atoms in total. The molecule has 3 heteroatoms. The summed E-state index contributed by atoms with van der Waals surface area (Å²) in [6.45, 7) is 8.22. The van der Waals surface area contributed by atoms with Crippen molar-refractivity contribution in [3.05, 3.63) is 29.1 Å². The Morgan fingerprint density at radius 1 is 1.42 bits per heavy atom. The summed E-state index contributed by atoms with van der Waals surface area (Å²) in [7, 11) is 0. The van der Waals surface area contributed by atoms with Crippen LogP contribution in [0.15, 0.2) is 12.1 Å². The molecule has 19 heavy (non-hydrogen) atoms. The molecule has 0 radical (unpaired) electrons. The number of aryl methyl sites for hydroxylation is 1. The zero-order chi connectivity index (χ0) is 14.2. The number of nitrogens with two attached hydrogens (primary N) is 1. The molecule has 0 bridgehead atoms. The molecule has 106 valence electrons. The van der Waals surface area contributed by atoms with Crippen molar-refractivity contribution in [1.82, 2.24) is 0 Å². The van der Waals surface area contributed by atoms with E-state index in [2.05, 4.69) is 18.7 Å². The predicted molar refractivity (Wildman–Crippen MR) is 79.0 cm³/mol. The van der Waals surface area contributed by atoms with Gasteiger partial charge in [0.25, 0.3) is 0 Å². The lowest BCUT2D eigenvalue weighted by atomic mass is 10.0. The van der Waals surface area contributed by atoms with E-state index < -0.39 is 0 Å². The molecule has 3 atom stereocenters. The normalized spacial score (nSPS) is 24.8. The minimum atomic E-state index is -0.157. The van der Waals surface area contributed by atoms with Crippen LogP contribution in [0.2, 0.25) is 0 Å². The van der Waals surface area contributed by atoms with Crippen molar-refractivity contribution in [2.75, 3.05) is 4.90 Å². The Morgan fingerprint density at radius 2 is 2.11 bits per heavy atom. The van der Waals surface area contributed by atoms with Gasteiger partial charge in [0.1, 0.15) is 5.82 Å². The molecule has 2 rings (SSSR count). The van der Waals surface area contributed by atoms with Crippen molar-refractivity contribution in [3.8, 4) is 0 Å². The first-order valence-corrected chi connectivity index (χ1v) is 7.29. The van der Waals surface area contributed by atoms with Crippen molar-refractivity contribution < 1.29 is 4.39 Å². The van der Waals surface area contributed by atoms with Gasteiger partial charge in [-0.15, -0.1) is 0 Å². The summed E-state index contributed by atoms with van der Waals surface area (Å²) in [6, 6.07) is 4.51. The maximum atomic E-state index is 13.8. The lowest BCUT2D eigenvalue weighted by Gasteiger charge is -2.33. The minimum absolute atomic E-state index is 0.143. The highest BCUT2D eigenvalue weighted by atomic mass is 19.1. The van der Waals surface area contributed by atoms with Crippen LogP contribution < -0.4 is 10.6 Å². The molecular formula is C16H25FN2. The van der Waals surface area contributed by atoms with E-state index in [4.69, 9.17) is 5.73 Å². The van der Waals surface area contributed by atoms with Crippen LogP contribution >= 0.6 is 0 Å². The second-order valence-electron chi connectivity index (χ2n) is 5.84. The predicted octanol–water partition coefficient (Wildman–Crippen LogP) is 3.92. The number of rotatable bonds is 3. The Balaban J connectivity index is 2.50. The van der Waals surface area contributed by atoms with Crippen LogP contribution in [0.25, 0.3) is 0 Å². The summed E-state index contributed by atoms with van der Waals surface area (Å²) in [5, 5.41) is 0. The first-order chi connectivity index (χ1) is 8.95. The zero-order valence-electron chi connectivity index (χ0n) is 12.4. The SMILES string of the molecule is CCC1CCC(C)N1c1cc(C)c(F)cc1[C@H](C)N. The molecule has 0 saturated carbocycles. The van der Waals surface area contributed by atoms with Gasteiger partial charge in [0.2, 0.25) is 0 Å². The minimum Gasteiger partial charge on any atom is -0.366 e. The Labute approximate surface area is 115 Å². The topological polar surface area (TPSA) is 29.3 Å². The van der Waals surface area contributed by atoms with Gasteiger partial charge in [-0.1, -0.05) is 6.92 Å². The van der Waals surface area contributed by atoms with Crippen molar-refractivity contribution in [2.24, 2.45) is 5.73 Å². The van der Waals surface area contributed by atoms with Gasteiger partial charge in [-0.25, -0.2) is 4.39 Å². The van der Waals surface area contributed by atoms with E-state index in [1.165, 1.54) is 12.8 Å². The summed E-state index contributed by atoms with van der Waals surface area (Å²) < 4.78 is 13.8. The number of anilines is 1. The highest BCUT2D eigenvalue weighted by molar-refractivity contribution is 5.59. The first kappa shape index (κ1) is 14.3. The van der Waals surface area contributed by atoms with E-state index in [9.17, 15) is 4.39 Å². The maximum absolute atomic E-state index is 13.8. The molecular weight excluding hydrogens is 239 g/mol. The fourth-order valence-corrected chi connectivity index (χ4v) is 3.18. The number of hydrogen-bond acceptors (Lipinski definition) is 2.